The molecule has 0 saturated carbocycles. The second-order valence-electron chi connectivity index (χ2n) is 9.78. The third-order valence-corrected chi connectivity index (χ3v) is 7.42. The summed E-state index contributed by atoms with van der Waals surface area (Å²) in [5.41, 5.74) is -1.27. The van der Waals surface area contributed by atoms with E-state index in [0.29, 0.717) is 27.5 Å². The van der Waals surface area contributed by atoms with Crippen LogP contribution in [0.5, 0.6) is 0 Å². The van der Waals surface area contributed by atoms with Gasteiger partial charge in [0.15, 0.2) is 0 Å². The average molecular weight is 566 g/mol. The lowest BCUT2D eigenvalue weighted by Gasteiger charge is -2.18. The maximum Gasteiger partial charge on any atom is 0.136 e. The summed E-state index contributed by atoms with van der Waals surface area (Å²) >= 11 is 0. The Morgan fingerprint density at radius 1 is 0.419 bits per heavy atom. The fourth-order valence-corrected chi connectivity index (χ4v) is 5.62. The highest BCUT2D eigenvalue weighted by Crippen LogP contribution is 2.44. The third kappa shape index (κ3) is 3.72. The smallest absolute Gasteiger partial charge is 0.136 e. The monoisotopic (exact) mass is 565 g/mol. The van der Waals surface area contributed by atoms with Crippen molar-refractivity contribution < 1.29 is 30.5 Å². The highest BCUT2D eigenvalue weighted by Gasteiger charge is 2.17. The molecule has 9 rings (SSSR count). The number of hydrogen-bond acceptors (Lipinski definition) is 1. The fourth-order valence-electron chi connectivity index (χ4n) is 5.62. The molecule has 1 heteroatoms. The molecule has 9 aromatic rings. The summed E-state index contributed by atoms with van der Waals surface area (Å²) in [7, 11) is 0. The Balaban J connectivity index is 1.53. The van der Waals surface area contributed by atoms with Crippen LogP contribution in [0.15, 0.2) is 162 Å². The molecule has 0 unspecified atom stereocenters. The van der Waals surface area contributed by atoms with Crippen LogP contribution in [-0.4, -0.2) is 0 Å². The maximum absolute atomic E-state index is 9.68. The Morgan fingerprint density at radius 2 is 0.977 bits per heavy atom. The quantitative estimate of drug-likeness (QED) is 0.194. The van der Waals surface area contributed by atoms with E-state index < -0.39 is 164 Å². The summed E-state index contributed by atoms with van der Waals surface area (Å²) in [5, 5.41) is -1.98. The second kappa shape index (κ2) is 9.44. The van der Waals surface area contributed by atoms with E-state index in [4.69, 9.17) is 16.8 Å². The van der Waals surface area contributed by atoms with Gasteiger partial charge in [0, 0.05) is 10.8 Å². The molecule has 0 fully saturated rings. The molecule has 0 amide bonds. The van der Waals surface area contributed by atoms with Crippen molar-refractivity contribution in [2.45, 2.75) is 0 Å². The first-order chi connectivity index (χ1) is 29.3. The van der Waals surface area contributed by atoms with Crippen LogP contribution in [0.4, 0.5) is 0 Å². The molecule has 43 heavy (non-hydrogen) atoms. The third-order valence-electron chi connectivity index (χ3n) is 7.42. The van der Waals surface area contributed by atoms with Crippen LogP contribution >= 0.6 is 0 Å². The lowest BCUT2D eigenvalue weighted by Crippen LogP contribution is -1.90. The lowest BCUT2D eigenvalue weighted by atomic mass is 9.85. The van der Waals surface area contributed by atoms with Crippen LogP contribution in [0.1, 0.15) is 26.0 Å². The molecule has 0 spiro atoms. The highest BCUT2D eigenvalue weighted by atomic mass is 16.3. The van der Waals surface area contributed by atoms with Gasteiger partial charge < -0.3 is 4.42 Å². The first-order valence-corrected chi connectivity index (χ1v) is 13.2. The molecule has 0 atom stereocenters. The minimum Gasteiger partial charge on any atom is -0.456 e. The fraction of sp³-hybridized carbons (Fsp3) is 0. The Hall–Kier alpha value is -5.66. The van der Waals surface area contributed by atoms with Gasteiger partial charge >= 0.3 is 0 Å². The summed E-state index contributed by atoms with van der Waals surface area (Å²) < 4.78 is 177. The van der Waals surface area contributed by atoms with Gasteiger partial charge in [0.1, 0.15) is 11.2 Å². The van der Waals surface area contributed by atoms with Gasteiger partial charge in [0.25, 0.3) is 0 Å². The van der Waals surface area contributed by atoms with Gasteiger partial charge in [-0.25, -0.2) is 0 Å². The molecule has 0 radical (unpaired) electrons. The van der Waals surface area contributed by atoms with E-state index in [9.17, 15) is 13.7 Å². The zero-order chi connectivity index (χ0) is 44.9. The number of benzene rings is 8. The molecule has 0 aliphatic heterocycles. The first kappa shape index (κ1) is 11.9. The number of rotatable bonds is 3. The van der Waals surface area contributed by atoms with Gasteiger partial charge in [-0.15, -0.1) is 0 Å². The standard InChI is InChI=1S/C42H26O/c1-2-11-27(12-3-1)40-33-13-4-6-15-35(33)41(36-16-7-5-14-34(36)40)31-24-22-28-25-30(23-21-29(28)26-31)32-18-10-20-39-42(32)37-17-8-9-19-38(37)43-39/h1-26H/i1D,2D,3D,4D,5D,6D,7D,11D,12D,13D,14D,15D,16D,21D,22D,23D,24D,25D,26D. The zero-order valence-corrected chi connectivity index (χ0v) is 21.9. The van der Waals surface area contributed by atoms with Crippen molar-refractivity contribution in [3.63, 3.8) is 0 Å². The summed E-state index contributed by atoms with van der Waals surface area (Å²) in [5.74, 6) is 0. The SMILES string of the molecule is [2H]c1c([2H])c([2H])c(-c2c3c([2H])c([2H])c([2H])c([2H])c3c(-c3c([2H])c([2H])c4c([2H])c(-c5cccc6oc7ccccc7c56)c([2H])c([2H])c4c3[2H])c3c([2H])c([2H])c([2H])c([2H])c23)c([2H])c1[2H]. The van der Waals surface area contributed by atoms with E-state index in [0.717, 1.165) is 0 Å². The molecule has 0 aliphatic rings. The van der Waals surface area contributed by atoms with Crippen LogP contribution in [0.25, 0.3) is 87.6 Å². The van der Waals surface area contributed by atoms with Crippen LogP contribution in [0.3, 0.4) is 0 Å². The first-order valence-electron chi connectivity index (χ1n) is 22.7. The second-order valence-corrected chi connectivity index (χ2v) is 9.78. The Bertz CT molecular complexity index is 3460. The van der Waals surface area contributed by atoms with Crippen molar-refractivity contribution in [3.8, 4) is 33.4 Å². The van der Waals surface area contributed by atoms with Gasteiger partial charge in [0.05, 0.1) is 26.0 Å². The number of furan rings is 1. The van der Waals surface area contributed by atoms with Crippen molar-refractivity contribution in [3.05, 3.63) is 157 Å². The highest BCUT2D eigenvalue weighted by molar-refractivity contribution is 6.22. The maximum atomic E-state index is 9.68. The zero-order valence-electron chi connectivity index (χ0n) is 40.9. The normalized spacial score (nSPS) is 17.9. The lowest BCUT2D eigenvalue weighted by molar-refractivity contribution is 0.669. The summed E-state index contributed by atoms with van der Waals surface area (Å²) in [4.78, 5) is 0. The van der Waals surface area contributed by atoms with E-state index in [1.165, 1.54) is 0 Å². The molecular formula is C42H26O. The summed E-state index contributed by atoms with van der Waals surface area (Å²) in [6, 6.07) is -3.05. The topological polar surface area (TPSA) is 13.1 Å². The van der Waals surface area contributed by atoms with Crippen LogP contribution in [0.2, 0.25) is 0 Å². The molecule has 0 bridgehead atoms. The Morgan fingerprint density at radius 3 is 1.67 bits per heavy atom. The molecule has 1 aromatic heterocycles. The van der Waals surface area contributed by atoms with Gasteiger partial charge in [-0.05, 0) is 89.9 Å². The summed E-state index contributed by atoms with van der Waals surface area (Å²) in [6.45, 7) is 0. The number of fused-ring (bicyclic) bond motifs is 6. The van der Waals surface area contributed by atoms with E-state index in [1.54, 1.807) is 42.5 Å². The van der Waals surface area contributed by atoms with Crippen LogP contribution < -0.4 is 0 Å². The summed E-state index contributed by atoms with van der Waals surface area (Å²) in [6.07, 6.45) is 0. The largest absolute Gasteiger partial charge is 0.456 e. The van der Waals surface area contributed by atoms with Crippen LogP contribution in [-0.2, 0) is 0 Å². The molecular weight excluding hydrogens is 520 g/mol. The molecule has 1 nitrogen and oxygen atoms in total. The van der Waals surface area contributed by atoms with E-state index >= 15 is 0 Å². The van der Waals surface area contributed by atoms with Gasteiger partial charge in [-0.2, -0.15) is 0 Å². The van der Waals surface area contributed by atoms with Crippen molar-refractivity contribution in [1.29, 1.82) is 0 Å². The van der Waals surface area contributed by atoms with Crippen molar-refractivity contribution in [2.24, 2.45) is 0 Å². The van der Waals surface area contributed by atoms with Crippen LogP contribution in [0, 0.1) is 0 Å². The predicted octanol–water partition coefficient (Wildman–Crippen LogP) is 12.0. The average Bonchev–Trinajstić information content (AvgIpc) is 3.64. The molecule has 8 aromatic carbocycles. The molecule has 0 N–H and O–H groups in total. The van der Waals surface area contributed by atoms with E-state index in [-0.39, 0.29) is 10.9 Å². The minimum absolute atomic E-state index is 0.0955. The number of para-hydroxylation sites is 1. The van der Waals surface area contributed by atoms with Gasteiger partial charge in [-0.3, -0.25) is 0 Å². The molecule has 0 aliphatic carbocycles. The van der Waals surface area contributed by atoms with E-state index in [1.807, 2.05) is 0 Å². The number of hydrogen-bond donors (Lipinski definition) is 0. The van der Waals surface area contributed by atoms with Gasteiger partial charge in [0.2, 0.25) is 0 Å². The molecule has 200 valence electrons. The molecule has 0 saturated heterocycles. The van der Waals surface area contributed by atoms with Crippen molar-refractivity contribution >= 4 is 54.3 Å². The van der Waals surface area contributed by atoms with Crippen molar-refractivity contribution in [2.75, 3.05) is 0 Å². The van der Waals surface area contributed by atoms with Crippen molar-refractivity contribution in [1.82, 2.24) is 0 Å². The molecule has 1 heterocycles. The van der Waals surface area contributed by atoms with E-state index in [2.05, 4.69) is 0 Å². The van der Waals surface area contributed by atoms with Gasteiger partial charge in [-0.1, -0.05) is 133 Å². The Kier molecular flexibility index (Phi) is 2.61. The Labute approximate surface area is 275 Å². The minimum atomic E-state index is -0.866. The predicted molar refractivity (Wildman–Crippen MR) is 183 cm³/mol.